The Bertz CT molecular complexity index is 805. The summed E-state index contributed by atoms with van der Waals surface area (Å²) in [5.74, 6) is 0.158. The summed E-state index contributed by atoms with van der Waals surface area (Å²) in [7, 11) is 3.40. The van der Waals surface area contributed by atoms with Gasteiger partial charge in [-0.05, 0) is 25.0 Å². The average molecular weight is 372 g/mol. The Morgan fingerprint density at radius 3 is 2.41 bits per heavy atom. The van der Waals surface area contributed by atoms with Gasteiger partial charge >= 0.3 is 0 Å². The first-order valence-electron chi connectivity index (χ1n) is 8.89. The molecule has 2 rings (SSSR count). The topological polar surface area (TPSA) is 85.9 Å². The maximum Gasteiger partial charge on any atom is 0.282 e. The van der Waals surface area contributed by atoms with Gasteiger partial charge in [-0.1, -0.05) is 31.2 Å². The summed E-state index contributed by atoms with van der Waals surface area (Å²) in [5, 5.41) is 13.7. The number of carbonyl (C=O) groups is 1. The summed E-state index contributed by atoms with van der Waals surface area (Å²) in [6.07, 6.45) is 0.993. The van der Waals surface area contributed by atoms with Crippen LogP contribution in [0.2, 0.25) is 0 Å². The average Bonchev–Trinajstić information content (AvgIpc) is 2.67. The van der Waals surface area contributed by atoms with E-state index >= 15 is 0 Å². The molecular formula is C20H26N3O4+. The summed E-state index contributed by atoms with van der Waals surface area (Å²) in [4.78, 5) is 24.1. The van der Waals surface area contributed by atoms with Crippen molar-refractivity contribution in [2.75, 3.05) is 19.5 Å². The van der Waals surface area contributed by atoms with Gasteiger partial charge in [-0.3, -0.25) is 14.9 Å². The van der Waals surface area contributed by atoms with E-state index in [9.17, 15) is 14.9 Å². The Labute approximate surface area is 159 Å². The van der Waals surface area contributed by atoms with Crippen molar-refractivity contribution in [1.82, 2.24) is 0 Å². The molecule has 0 fully saturated rings. The maximum absolute atomic E-state index is 12.6. The summed E-state index contributed by atoms with van der Waals surface area (Å²) in [6, 6.07) is 12.1. The lowest BCUT2D eigenvalue weighted by atomic mass is 10.1. The normalized spacial score (nSPS) is 12.9. The van der Waals surface area contributed by atoms with E-state index in [1.165, 1.54) is 30.9 Å². The number of non-ortho nitro benzene ring substituents is 1. The quantitative estimate of drug-likeness (QED) is 0.549. The van der Waals surface area contributed by atoms with Crippen LogP contribution >= 0.6 is 0 Å². The summed E-state index contributed by atoms with van der Waals surface area (Å²) in [5.41, 5.74) is 2.62. The minimum atomic E-state index is -0.504. The van der Waals surface area contributed by atoms with Crippen molar-refractivity contribution in [2.45, 2.75) is 32.9 Å². The number of ether oxygens (including phenoxy) is 1. The lowest BCUT2D eigenvalue weighted by molar-refractivity contribution is -0.907. The Morgan fingerprint density at radius 2 is 1.85 bits per heavy atom. The van der Waals surface area contributed by atoms with Crippen molar-refractivity contribution in [1.29, 1.82) is 0 Å². The van der Waals surface area contributed by atoms with Crippen LogP contribution in [0.4, 0.5) is 11.4 Å². The van der Waals surface area contributed by atoms with Crippen LogP contribution in [0.25, 0.3) is 0 Å². The van der Waals surface area contributed by atoms with E-state index in [0.717, 1.165) is 16.9 Å². The maximum atomic E-state index is 12.6. The lowest BCUT2D eigenvalue weighted by Gasteiger charge is -2.21. The SMILES string of the molecule is CCc1ccc(C[NH+](C)[C@H](C)C(=O)Nc2cc([N+](=O)[O-])ccc2OC)cc1. The van der Waals surface area contributed by atoms with Gasteiger partial charge < -0.3 is 15.0 Å². The fraction of sp³-hybridized carbons (Fsp3) is 0.350. The third-order valence-electron chi connectivity index (χ3n) is 4.70. The van der Waals surface area contributed by atoms with E-state index in [0.29, 0.717) is 18.0 Å². The molecule has 2 N–H and O–H groups in total. The molecule has 144 valence electrons. The molecule has 1 amide bonds. The molecule has 0 aliphatic carbocycles. The van der Waals surface area contributed by atoms with Crippen LogP contribution in [0.3, 0.4) is 0 Å². The molecule has 2 aromatic carbocycles. The van der Waals surface area contributed by atoms with Gasteiger partial charge in [0.1, 0.15) is 12.3 Å². The number of hydrogen-bond donors (Lipinski definition) is 2. The Hall–Kier alpha value is -2.93. The number of hydrogen-bond acceptors (Lipinski definition) is 4. The van der Waals surface area contributed by atoms with E-state index < -0.39 is 4.92 Å². The second-order valence-electron chi connectivity index (χ2n) is 6.55. The van der Waals surface area contributed by atoms with Gasteiger partial charge in [0.25, 0.3) is 11.6 Å². The molecule has 0 aromatic heterocycles. The second-order valence-corrected chi connectivity index (χ2v) is 6.55. The molecule has 27 heavy (non-hydrogen) atoms. The molecule has 0 radical (unpaired) electrons. The third-order valence-corrected chi connectivity index (χ3v) is 4.70. The highest BCUT2D eigenvalue weighted by Gasteiger charge is 2.24. The lowest BCUT2D eigenvalue weighted by Crippen LogP contribution is -3.12. The molecule has 1 unspecified atom stereocenters. The second kappa shape index (κ2) is 9.14. The van der Waals surface area contributed by atoms with Crippen LogP contribution in [-0.4, -0.2) is 31.0 Å². The number of nitro benzene ring substituents is 1. The number of quaternary nitrogens is 1. The van der Waals surface area contributed by atoms with Crippen LogP contribution in [0.5, 0.6) is 5.75 Å². The van der Waals surface area contributed by atoms with Gasteiger partial charge in [-0.2, -0.15) is 0 Å². The standard InChI is InChI=1S/C20H25N3O4/c1-5-15-6-8-16(9-7-15)13-22(3)14(2)20(24)21-18-12-17(23(25)26)10-11-19(18)27-4/h6-12,14H,5,13H2,1-4H3,(H,21,24)/p+1/t14-/m1/s1. The zero-order valence-corrected chi connectivity index (χ0v) is 16.1. The first-order valence-corrected chi connectivity index (χ1v) is 8.89. The molecule has 0 aliphatic rings. The van der Waals surface area contributed by atoms with Crippen molar-refractivity contribution in [2.24, 2.45) is 0 Å². The van der Waals surface area contributed by atoms with Gasteiger partial charge in [0, 0.05) is 17.7 Å². The molecule has 7 heteroatoms. The van der Waals surface area contributed by atoms with Gasteiger partial charge in [-0.25, -0.2) is 0 Å². The zero-order chi connectivity index (χ0) is 20.0. The van der Waals surface area contributed by atoms with Gasteiger partial charge in [0.2, 0.25) is 0 Å². The molecule has 7 nitrogen and oxygen atoms in total. The van der Waals surface area contributed by atoms with Crippen LogP contribution in [0.1, 0.15) is 25.0 Å². The highest BCUT2D eigenvalue weighted by molar-refractivity contribution is 5.95. The predicted octanol–water partition coefficient (Wildman–Crippen LogP) is 2.21. The number of carbonyl (C=O) groups excluding carboxylic acids is 1. The molecule has 0 heterocycles. The van der Waals surface area contributed by atoms with E-state index in [1.54, 1.807) is 0 Å². The molecule has 0 aliphatic heterocycles. The largest absolute Gasteiger partial charge is 0.495 e. The number of nitrogens with one attached hydrogen (secondary N) is 2. The molecule has 0 bridgehead atoms. The van der Waals surface area contributed by atoms with Gasteiger partial charge in [0.15, 0.2) is 6.04 Å². The monoisotopic (exact) mass is 372 g/mol. The van der Waals surface area contributed by atoms with Crippen molar-refractivity contribution in [3.63, 3.8) is 0 Å². The first kappa shape index (κ1) is 20.4. The van der Waals surface area contributed by atoms with E-state index in [1.807, 2.05) is 14.0 Å². The summed E-state index contributed by atoms with van der Waals surface area (Å²) >= 11 is 0. The highest BCUT2D eigenvalue weighted by atomic mass is 16.6. The molecule has 0 saturated heterocycles. The van der Waals surface area contributed by atoms with Crippen molar-refractivity contribution in [3.8, 4) is 5.75 Å². The zero-order valence-electron chi connectivity index (χ0n) is 16.1. The minimum absolute atomic E-state index is 0.101. The Balaban J connectivity index is 2.07. The van der Waals surface area contributed by atoms with Crippen molar-refractivity contribution >= 4 is 17.3 Å². The smallest absolute Gasteiger partial charge is 0.282 e. The van der Waals surface area contributed by atoms with Crippen LogP contribution < -0.4 is 15.0 Å². The number of rotatable bonds is 8. The fourth-order valence-electron chi connectivity index (χ4n) is 2.74. The molecule has 2 aromatic rings. The number of nitro groups is 1. The van der Waals surface area contributed by atoms with E-state index in [-0.39, 0.29) is 17.6 Å². The van der Waals surface area contributed by atoms with Crippen molar-refractivity contribution < 1.29 is 19.4 Å². The molecular weight excluding hydrogens is 346 g/mol. The number of nitrogens with zero attached hydrogens (tertiary/aromatic N) is 1. The third kappa shape index (κ3) is 5.27. The number of amides is 1. The number of benzene rings is 2. The van der Waals surface area contributed by atoms with Crippen LogP contribution in [0.15, 0.2) is 42.5 Å². The minimum Gasteiger partial charge on any atom is -0.495 e. The van der Waals surface area contributed by atoms with E-state index in [2.05, 4.69) is 36.5 Å². The highest BCUT2D eigenvalue weighted by Crippen LogP contribution is 2.28. The number of aryl methyl sites for hydroxylation is 1. The Morgan fingerprint density at radius 1 is 1.22 bits per heavy atom. The number of anilines is 1. The number of methoxy groups -OCH3 is 1. The van der Waals surface area contributed by atoms with Crippen LogP contribution in [-0.2, 0) is 17.8 Å². The predicted molar refractivity (Wildman–Crippen MR) is 104 cm³/mol. The molecule has 0 saturated carbocycles. The van der Waals surface area contributed by atoms with Gasteiger partial charge in [-0.15, -0.1) is 0 Å². The number of likely N-dealkylation sites (N-methyl/N-ethyl adjacent to an activating group) is 1. The van der Waals surface area contributed by atoms with Crippen molar-refractivity contribution in [3.05, 3.63) is 63.7 Å². The molecule has 0 spiro atoms. The summed E-state index contributed by atoms with van der Waals surface area (Å²) < 4.78 is 5.19. The Kier molecular flexibility index (Phi) is 6.90. The van der Waals surface area contributed by atoms with Gasteiger partial charge in [0.05, 0.1) is 24.8 Å². The summed E-state index contributed by atoms with van der Waals surface area (Å²) in [6.45, 7) is 4.64. The van der Waals surface area contributed by atoms with E-state index in [4.69, 9.17) is 4.74 Å². The fourth-order valence-corrected chi connectivity index (χ4v) is 2.74. The van der Waals surface area contributed by atoms with Crippen LogP contribution in [0, 0.1) is 10.1 Å². The first-order chi connectivity index (χ1) is 12.8. The molecule has 2 atom stereocenters.